The van der Waals surface area contributed by atoms with E-state index in [1.165, 1.54) is 45.3 Å². The van der Waals surface area contributed by atoms with Crippen molar-refractivity contribution in [2.24, 2.45) is 0 Å². The van der Waals surface area contributed by atoms with E-state index < -0.39 is 27.6 Å². The lowest BCUT2D eigenvalue weighted by molar-refractivity contribution is -0.137. The monoisotopic (exact) mass is 446 g/mol. The molecular weight excluding hydrogens is 425 g/mol. The molecule has 30 heavy (non-hydrogen) atoms. The summed E-state index contributed by atoms with van der Waals surface area (Å²) < 4.78 is 64.8. The van der Waals surface area contributed by atoms with Gasteiger partial charge in [0.2, 0.25) is 21.9 Å². The predicted molar refractivity (Wildman–Crippen MR) is 105 cm³/mol. The third-order valence-electron chi connectivity index (χ3n) is 3.77. The van der Waals surface area contributed by atoms with Crippen LogP contribution in [0.1, 0.15) is 12.5 Å². The molecular formula is C17H21F3N6O3S. The minimum absolute atomic E-state index is 0.0240. The maximum atomic E-state index is 13.2. The molecule has 0 radical (unpaired) electrons. The number of rotatable bonds is 8. The maximum Gasteiger partial charge on any atom is 0.421 e. The number of amides is 1. The van der Waals surface area contributed by atoms with Gasteiger partial charge in [0.1, 0.15) is 11.4 Å². The summed E-state index contributed by atoms with van der Waals surface area (Å²) in [4.78, 5) is 18.5. The number of nitrogens with one attached hydrogen (secondary N) is 3. The molecule has 164 valence electrons. The molecule has 0 spiro atoms. The number of sulfonamides is 1. The van der Waals surface area contributed by atoms with Crippen LogP contribution in [-0.2, 0) is 21.0 Å². The van der Waals surface area contributed by atoms with E-state index in [1.807, 2.05) is 0 Å². The van der Waals surface area contributed by atoms with Crippen molar-refractivity contribution >= 4 is 33.4 Å². The summed E-state index contributed by atoms with van der Waals surface area (Å²) in [6, 6.07) is 5.60. The summed E-state index contributed by atoms with van der Waals surface area (Å²) in [6.45, 7) is 1.43. The first-order valence-electron chi connectivity index (χ1n) is 8.63. The van der Waals surface area contributed by atoms with Crippen molar-refractivity contribution in [3.63, 3.8) is 0 Å². The van der Waals surface area contributed by atoms with Crippen LogP contribution >= 0.6 is 0 Å². The number of benzene rings is 1. The Balaban J connectivity index is 2.21. The normalized spacial score (nSPS) is 12.0. The number of carbonyl (C=O) groups excluding carboxylic acids is 1. The molecule has 0 aliphatic heterocycles. The topological polar surface area (TPSA) is 116 Å². The van der Waals surface area contributed by atoms with E-state index in [1.54, 1.807) is 0 Å². The molecule has 1 aromatic carbocycles. The van der Waals surface area contributed by atoms with Gasteiger partial charge in [-0.1, -0.05) is 0 Å². The molecule has 0 atom stereocenters. The van der Waals surface area contributed by atoms with Crippen molar-refractivity contribution in [2.75, 3.05) is 37.8 Å². The Kier molecular flexibility index (Phi) is 7.21. The van der Waals surface area contributed by atoms with Crippen LogP contribution in [0.3, 0.4) is 0 Å². The molecule has 0 fully saturated rings. The van der Waals surface area contributed by atoms with Crippen LogP contribution in [0.2, 0.25) is 0 Å². The van der Waals surface area contributed by atoms with E-state index >= 15 is 0 Å². The van der Waals surface area contributed by atoms with Crippen LogP contribution in [0.5, 0.6) is 0 Å². The fourth-order valence-corrected chi connectivity index (χ4v) is 3.16. The van der Waals surface area contributed by atoms with Crippen LogP contribution in [0.15, 0.2) is 35.4 Å². The standard InChI is InChI=1S/C17H21F3N6O3S/c1-11(27)21-8-9-22-15-14(17(18,19)20)10-23-16(25-15)24-12-4-6-13(7-5-12)30(28,29)26(2)3/h4-7,10H,8-9H2,1-3H3,(H,21,27)(H2,22,23,24,25). The van der Waals surface area contributed by atoms with Crippen LogP contribution in [0.4, 0.5) is 30.6 Å². The van der Waals surface area contributed by atoms with Gasteiger partial charge in [-0.2, -0.15) is 18.2 Å². The molecule has 0 aliphatic rings. The van der Waals surface area contributed by atoms with E-state index in [9.17, 15) is 26.4 Å². The minimum atomic E-state index is -4.67. The van der Waals surface area contributed by atoms with Crippen molar-refractivity contribution in [1.29, 1.82) is 0 Å². The van der Waals surface area contributed by atoms with Gasteiger partial charge in [-0.3, -0.25) is 4.79 Å². The second-order valence-corrected chi connectivity index (χ2v) is 8.45. The summed E-state index contributed by atoms with van der Waals surface area (Å²) in [5.41, 5.74) is -0.667. The molecule has 3 N–H and O–H groups in total. The summed E-state index contributed by atoms with van der Waals surface area (Å²) in [7, 11) is -0.803. The van der Waals surface area contributed by atoms with Crippen molar-refractivity contribution < 1.29 is 26.4 Å². The summed E-state index contributed by atoms with van der Waals surface area (Å²) in [5.74, 6) is -0.872. The molecule has 0 saturated heterocycles. The fraction of sp³-hybridized carbons (Fsp3) is 0.353. The summed E-state index contributed by atoms with van der Waals surface area (Å²) in [6.07, 6.45) is -4.03. The first-order valence-corrected chi connectivity index (χ1v) is 10.1. The molecule has 2 rings (SSSR count). The maximum absolute atomic E-state index is 13.2. The number of anilines is 3. The van der Waals surface area contributed by atoms with Gasteiger partial charge in [0.05, 0.1) is 4.90 Å². The van der Waals surface area contributed by atoms with E-state index in [4.69, 9.17) is 0 Å². The second-order valence-electron chi connectivity index (χ2n) is 6.30. The van der Waals surface area contributed by atoms with Crippen molar-refractivity contribution in [1.82, 2.24) is 19.6 Å². The lowest BCUT2D eigenvalue weighted by Crippen LogP contribution is -2.27. The fourth-order valence-electron chi connectivity index (χ4n) is 2.25. The van der Waals surface area contributed by atoms with Crippen molar-refractivity contribution in [3.05, 3.63) is 36.0 Å². The highest BCUT2D eigenvalue weighted by atomic mass is 32.2. The van der Waals surface area contributed by atoms with Gasteiger partial charge in [0.15, 0.2) is 0 Å². The Hall–Kier alpha value is -2.93. The van der Waals surface area contributed by atoms with E-state index in [2.05, 4.69) is 25.9 Å². The zero-order valence-corrected chi connectivity index (χ0v) is 17.2. The Bertz CT molecular complexity index is 995. The van der Waals surface area contributed by atoms with Crippen molar-refractivity contribution in [2.45, 2.75) is 18.0 Å². The Labute approximate surface area is 171 Å². The number of carbonyl (C=O) groups is 1. The molecule has 0 aliphatic carbocycles. The van der Waals surface area contributed by atoms with Crippen molar-refractivity contribution in [3.8, 4) is 0 Å². The average Bonchev–Trinajstić information content (AvgIpc) is 2.64. The molecule has 0 bridgehead atoms. The largest absolute Gasteiger partial charge is 0.421 e. The average molecular weight is 446 g/mol. The van der Waals surface area contributed by atoms with Crippen LogP contribution < -0.4 is 16.0 Å². The highest BCUT2D eigenvalue weighted by Gasteiger charge is 2.35. The zero-order chi connectivity index (χ0) is 22.5. The second kappa shape index (κ2) is 9.26. The third kappa shape index (κ3) is 6.03. The predicted octanol–water partition coefficient (Wildman–Crippen LogP) is 2.04. The molecule has 9 nitrogen and oxygen atoms in total. The lowest BCUT2D eigenvalue weighted by atomic mass is 10.3. The van der Waals surface area contributed by atoms with Gasteiger partial charge in [0.25, 0.3) is 0 Å². The first kappa shape index (κ1) is 23.3. The quantitative estimate of drug-likeness (QED) is 0.532. The van der Waals surface area contributed by atoms with Crippen LogP contribution in [-0.4, -0.2) is 55.8 Å². The zero-order valence-electron chi connectivity index (χ0n) is 16.4. The first-order chi connectivity index (χ1) is 13.9. The Morgan fingerprint density at radius 2 is 1.77 bits per heavy atom. The highest BCUT2D eigenvalue weighted by Crippen LogP contribution is 2.34. The highest BCUT2D eigenvalue weighted by molar-refractivity contribution is 7.89. The number of hydrogen-bond acceptors (Lipinski definition) is 7. The SMILES string of the molecule is CC(=O)NCCNc1nc(Nc2ccc(S(=O)(=O)N(C)C)cc2)ncc1C(F)(F)F. The summed E-state index contributed by atoms with van der Waals surface area (Å²) >= 11 is 0. The number of hydrogen-bond donors (Lipinski definition) is 3. The van der Waals surface area contributed by atoms with Crippen LogP contribution in [0.25, 0.3) is 0 Å². The van der Waals surface area contributed by atoms with Crippen LogP contribution in [0, 0.1) is 0 Å². The smallest absolute Gasteiger partial charge is 0.368 e. The van der Waals surface area contributed by atoms with Gasteiger partial charge >= 0.3 is 6.18 Å². The van der Waals surface area contributed by atoms with Gasteiger partial charge in [-0.15, -0.1) is 0 Å². The lowest BCUT2D eigenvalue weighted by Gasteiger charge is -2.15. The molecule has 0 saturated carbocycles. The molecule has 1 heterocycles. The van der Waals surface area contributed by atoms with Gasteiger partial charge in [-0.25, -0.2) is 17.7 Å². The number of halogens is 3. The van der Waals surface area contributed by atoms with Gasteiger partial charge in [0, 0.05) is 46.0 Å². The molecule has 2 aromatic rings. The third-order valence-corrected chi connectivity index (χ3v) is 5.60. The molecule has 0 unspecified atom stereocenters. The van der Waals surface area contributed by atoms with Gasteiger partial charge in [-0.05, 0) is 24.3 Å². The van der Waals surface area contributed by atoms with E-state index in [-0.39, 0.29) is 29.8 Å². The van der Waals surface area contributed by atoms with Gasteiger partial charge < -0.3 is 16.0 Å². The Morgan fingerprint density at radius 1 is 1.13 bits per heavy atom. The number of nitrogens with zero attached hydrogens (tertiary/aromatic N) is 3. The van der Waals surface area contributed by atoms with E-state index in [0.717, 1.165) is 4.31 Å². The minimum Gasteiger partial charge on any atom is -0.368 e. The van der Waals surface area contributed by atoms with E-state index in [0.29, 0.717) is 11.9 Å². The number of alkyl halides is 3. The molecule has 13 heteroatoms. The Morgan fingerprint density at radius 3 is 2.30 bits per heavy atom. The molecule has 1 amide bonds. The number of aromatic nitrogens is 2. The summed E-state index contributed by atoms with van der Waals surface area (Å²) in [5, 5.41) is 7.72. The molecule has 1 aromatic heterocycles.